The van der Waals surface area contributed by atoms with Gasteiger partial charge < -0.3 is 9.88 Å². The van der Waals surface area contributed by atoms with Gasteiger partial charge in [0.2, 0.25) is 5.78 Å². The number of rotatable bonds is 4. The van der Waals surface area contributed by atoms with Gasteiger partial charge in [-0.25, -0.2) is 0 Å². The SMILES string of the molecule is CCc1ccc2[nH]c(C(=O)C(C#N)=CN(C)C)cc2c1. The maximum absolute atomic E-state index is 12.3. The summed E-state index contributed by atoms with van der Waals surface area (Å²) < 4.78 is 0. The Morgan fingerprint density at radius 3 is 2.75 bits per heavy atom. The number of aryl methyl sites for hydroxylation is 1. The standard InChI is InChI=1S/C16H17N3O/c1-4-11-5-6-14-12(7-11)8-15(18-14)16(20)13(9-17)10-19(2)3/h5-8,10,18H,4H2,1-3H3. The maximum atomic E-state index is 12.3. The summed E-state index contributed by atoms with van der Waals surface area (Å²) in [7, 11) is 3.56. The van der Waals surface area contributed by atoms with E-state index in [4.69, 9.17) is 5.26 Å². The number of carbonyl (C=O) groups excluding carboxylic acids is 1. The summed E-state index contributed by atoms with van der Waals surface area (Å²) in [6.45, 7) is 2.09. The minimum Gasteiger partial charge on any atom is -0.382 e. The van der Waals surface area contributed by atoms with Crippen molar-refractivity contribution in [1.82, 2.24) is 9.88 Å². The molecule has 1 aromatic carbocycles. The second-order valence-corrected chi connectivity index (χ2v) is 4.91. The molecule has 0 amide bonds. The first-order valence-electron chi connectivity index (χ1n) is 6.50. The Kier molecular flexibility index (Phi) is 3.90. The lowest BCUT2D eigenvalue weighted by Crippen LogP contribution is -2.09. The van der Waals surface area contributed by atoms with Gasteiger partial charge in [0, 0.05) is 31.2 Å². The van der Waals surface area contributed by atoms with Crippen molar-refractivity contribution >= 4 is 16.7 Å². The lowest BCUT2D eigenvalue weighted by atomic mass is 10.1. The molecule has 0 fully saturated rings. The molecule has 1 aromatic heterocycles. The number of H-pyrrole nitrogens is 1. The molecule has 0 aliphatic heterocycles. The van der Waals surface area contributed by atoms with Crippen molar-refractivity contribution in [2.24, 2.45) is 0 Å². The van der Waals surface area contributed by atoms with Crippen LogP contribution in [0, 0.1) is 11.3 Å². The highest BCUT2D eigenvalue weighted by Gasteiger charge is 2.15. The summed E-state index contributed by atoms with van der Waals surface area (Å²) in [6.07, 6.45) is 2.49. The number of nitrogens with zero attached hydrogens (tertiary/aromatic N) is 2. The second kappa shape index (κ2) is 5.62. The topological polar surface area (TPSA) is 59.9 Å². The molecule has 0 aliphatic carbocycles. The second-order valence-electron chi connectivity index (χ2n) is 4.91. The van der Waals surface area contributed by atoms with E-state index in [1.807, 2.05) is 18.2 Å². The van der Waals surface area contributed by atoms with Crippen LogP contribution in [-0.4, -0.2) is 29.8 Å². The number of Topliss-reactive ketones (excluding diaryl/α,β-unsaturated/α-hetero) is 1. The summed E-state index contributed by atoms with van der Waals surface area (Å²) in [6, 6.07) is 9.81. The molecule has 0 saturated heterocycles. The molecule has 0 aliphatic rings. The minimum atomic E-state index is -0.282. The number of hydrogen-bond acceptors (Lipinski definition) is 3. The van der Waals surface area contributed by atoms with Gasteiger partial charge in [-0.15, -0.1) is 0 Å². The van der Waals surface area contributed by atoms with Crippen molar-refractivity contribution in [3.05, 3.63) is 47.3 Å². The Hall–Kier alpha value is -2.54. The highest BCUT2D eigenvalue weighted by molar-refractivity contribution is 6.12. The molecule has 0 atom stereocenters. The quantitative estimate of drug-likeness (QED) is 0.526. The fourth-order valence-corrected chi connectivity index (χ4v) is 2.07. The first-order chi connectivity index (χ1) is 9.55. The van der Waals surface area contributed by atoms with E-state index in [1.54, 1.807) is 25.1 Å². The molecule has 1 heterocycles. The molecule has 0 unspecified atom stereocenters. The number of aromatic amines is 1. The van der Waals surface area contributed by atoms with Crippen LogP contribution in [0.4, 0.5) is 0 Å². The van der Waals surface area contributed by atoms with E-state index in [2.05, 4.69) is 18.0 Å². The zero-order chi connectivity index (χ0) is 14.7. The molecule has 0 spiro atoms. The number of ketones is 1. The van der Waals surface area contributed by atoms with E-state index in [-0.39, 0.29) is 11.4 Å². The zero-order valence-electron chi connectivity index (χ0n) is 11.9. The van der Waals surface area contributed by atoms with Gasteiger partial charge in [0.15, 0.2) is 0 Å². The van der Waals surface area contributed by atoms with Crippen LogP contribution in [0.25, 0.3) is 10.9 Å². The average Bonchev–Trinajstić information content (AvgIpc) is 2.86. The number of fused-ring (bicyclic) bond motifs is 1. The van der Waals surface area contributed by atoms with E-state index in [0.717, 1.165) is 17.3 Å². The van der Waals surface area contributed by atoms with Gasteiger partial charge in [0.05, 0.1) is 5.69 Å². The van der Waals surface area contributed by atoms with Crippen LogP contribution in [0.2, 0.25) is 0 Å². The van der Waals surface area contributed by atoms with Gasteiger partial charge in [-0.3, -0.25) is 4.79 Å². The normalized spacial score (nSPS) is 11.4. The number of carbonyl (C=O) groups is 1. The van der Waals surface area contributed by atoms with Crippen LogP contribution in [-0.2, 0) is 6.42 Å². The predicted molar refractivity (Wildman–Crippen MR) is 79.4 cm³/mol. The van der Waals surface area contributed by atoms with E-state index >= 15 is 0 Å². The third-order valence-electron chi connectivity index (χ3n) is 3.09. The summed E-state index contributed by atoms with van der Waals surface area (Å²) in [4.78, 5) is 17.1. The highest BCUT2D eigenvalue weighted by Crippen LogP contribution is 2.19. The molecule has 2 rings (SSSR count). The molecule has 4 nitrogen and oxygen atoms in total. The van der Waals surface area contributed by atoms with Crippen LogP contribution >= 0.6 is 0 Å². The summed E-state index contributed by atoms with van der Waals surface area (Å²) in [5.74, 6) is -0.282. The van der Waals surface area contributed by atoms with Gasteiger partial charge in [-0.1, -0.05) is 13.0 Å². The molecule has 0 saturated carbocycles. The Morgan fingerprint density at radius 1 is 1.40 bits per heavy atom. The molecule has 4 heteroatoms. The summed E-state index contributed by atoms with van der Waals surface area (Å²) in [5, 5.41) is 10.1. The van der Waals surface area contributed by atoms with Crippen LogP contribution in [0.3, 0.4) is 0 Å². The van der Waals surface area contributed by atoms with E-state index in [0.29, 0.717) is 5.69 Å². The van der Waals surface area contributed by atoms with Gasteiger partial charge >= 0.3 is 0 Å². The van der Waals surface area contributed by atoms with Crippen molar-refractivity contribution in [1.29, 1.82) is 5.26 Å². The van der Waals surface area contributed by atoms with Gasteiger partial charge in [0.25, 0.3) is 0 Å². The fourth-order valence-electron chi connectivity index (χ4n) is 2.07. The van der Waals surface area contributed by atoms with Crippen LogP contribution in [0.5, 0.6) is 0 Å². The Bertz CT molecular complexity index is 717. The van der Waals surface area contributed by atoms with Gasteiger partial charge in [-0.05, 0) is 30.2 Å². The van der Waals surface area contributed by atoms with Crippen LogP contribution in [0.15, 0.2) is 36.0 Å². The summed E-state index contributed by atoms with van der Waals surface area (Å²) >= 11 is 0. The maximum Gasteiger partial charge on any atom is 0.221 e. The average molecular weight is 267 g/mol. The Balaban J connectivity index is 2.43. The smallest absolute Gasteiger partial charge is 0.221 e. The van der Waals surface area contributed by atoms with Crippen LogP contribution in [0.1, 0.15) is 23.0 Å². The van der Waals surface area contributed by atoms with Gasteiger partial charge in [-0.2, -0.15) is 5.26 Å². The predicted octanol–water partition coefficient (Wildman–Crippen LogP) is 2.88. The molecule has 0 radical (unpaired) electrons. The number of benzene rings is 1. The first kappa shape index (κ1) is 13.9. The fraction of sp³-hybridized carbons (Fsp3) is 0.250. The molecule has 20 heavy (non-hydrogen) atoms. The lowest BCUT2D eigenvalue weighted by molar-refractivity contribution is 0.103. The molecular formula is C16H17N3O. The monoisotopic (exact) mass is 267 g/mol. The number of allylic oxidation sites excluding steroid dienone is 1. The number of nitriles is 1. The summed E-state index contributed by atoms with van der Waals surface area (Å²) in [5.41, 5.74) is 2.70. The Morgan fingerprint density at radius 2 is 2.15 bits per heavy atom. The van der Waals surface area contributed by atoms with Crippen molar-refractivity contribution in [3.63, 3.8) is 0 Å². The first-order valence-corrected chi connectivity index (χ1v) is 6.50. The molecule has 2 aromatic rings. The lowest BCUT2D eigenvalue weighted by Gasteiger charge is -2.04. The molecular weight excluding hydrogens is 250 g/mol. The van der Waals surface area contributed by atoms with E-state index in [1.165, 1.54) is 11.8 Å². The molecule has 102 valence electrons. The largest absolute Gasteiger partial charge is 0.382 e. The number of hydrogen-bond donors (Lipinski definition) is 1. The third kappa shape index (κ3) is 2.72. The van der Waals surface area contributed by atoms with Crippen molar-refractivity contribution in [2.45, 2.75) is 13.3 Å². The van der Waals surface area contributed by atoms with E-state index < -0.39 is 0 Å². The molecule has 1 N–H and O–H groups in total. The van der Waals surface area contributed by atoms with Gasteiger partial charge in [0.1, 0.15) is 11.6 Å². The van der Waals surface area contributed by atoms with E-state index in [9.17, 15) is 4.79 Å². The minimum absolute atomic E-state index is 0.122. The highest BCUT2D eigenvalue weighted by atomic mass is 16.1. The van der Waals surface area contributed by atoms with Crippen molar-refractivity contribution in [3.8, 4) is 6.07 Å². The number of nitrogens with one attached hydrogen (secondary N) is 1. The number of aromatic nitrogens is 1. The van der Waals surface area contributed by atoms with Crippen molar-refractivity contribution < 1.29 is 4.79 Å². The molecule has 0 bridgehead atoms. The Labute approximate surface area is 118 Å². The zero-order valence-corrected chi connectivity index (χ0v) is 11.9. The van der Waals surface area contributed by atoms with Crippen LogP contribution < -0.4 is 0 Å². The van der Waals surface area contributed by atoms with Crippen molar-refractivity contribution in [2.75, 3.05) is 14.1 Å². The third-order valence-corrected chi connectivity index (χ3v) is 3.09.